The van der Waals surface area contributed by atoms with Crippen LogP contribution in [0.3, 0.4) is 0 Å². The van der Waals surface area contributed by atoms with Gasteiger partial charge < -0.3 is 21.9 Å². The molecule has 0 saturated carbocycles. The van der Waals surface area contributed by atoms with Crippen LogP contribution in [0.5, 0.6) is 0 Å². The van der Waals surface area contributed by atoms with E-state index in [1.54, 1.807) is 41.7 Å². The summed E-state index contributed by atoms with van der Waals surface area (Å²) in [4.78, 5) is 55.4. The highest BCUT2D eigenvalue weighted by Crippen LogP contribution is 2.35. The molecule has 204 valence electrons. The molecule has 0 aliphatic heterocycles. The fourth-order valence-electron chi connectivity index (χ4n) is 3.74. The number of aliphatic imine (C=N–C) groups is 1. The number of amides is 1. The van der Waals surface area contributed by atoms with Gasteiger partial charge in [-0.2, -0.15) is 0 Å². The summed E-state index contributed by atoms with van der Waals surface area (Å²) >= 11 is 14.3. The number of carboxylic acids is 1. The molecule has 1 amide bonds. The van der Waals surface area contributed by atoms with Crippen LogP contribution in [0.15, 0.2) is 53.5 Å². The molecular weight excluding hydrogens is 563 g/mol. The number of nitrogens with two attached hydrogens (primary N) is 2. The maximum atomic E-state index is 13.0. The van der Waals surface area contributed by atoms with E-state index in [-0.39, 0.29) is 46.7 Å². The molecule has 6 N–H and O–H groups in total. The number of hydrogen-bond donors (Lipinski definition) is 4. The molecule has 0 bridgehead atoms. The molecule has 0 aliphatic carbocycles. The first-order chi connectivity index (χ1) is 18.4. The van der Waals surface area contributed by atoms with Gasteiger partial charge >= 0.3 is 5.97 Å². The maximum Gasteiger partial charge on any atom is 0.308 e. The molecule has 0 aliphatic rings. The largest absolute Gasteiger partial charge is 0.481 e. The Morgan fingerprint density at radius 1 is 1.00 bits per heavy atom. The van der Waals surface area contributed by atoms with Crippen LogP contribution in [0.25, 0.3) is 10.4 Å². The van der Waals surface area contributed by atoms with Crippen LogP contribution in [-0.4, -0.2) is 41.1 Å². The molecule has 1 heterocycles. The zero-order valence-corrected chi connectivity index (χ0v) is 23.2. The molecule has 1 aromatic heterocycles. The number of benzene rings is 2. The molecule has 3 aromatic rings. The Hall–Kier alpha value is -3.73. The van der Waals surface area contributed by atoms with Crippen molar-refractivity contribution in [1.82, 2.24) is 5.32 Å². The van der Waals surface area contributed by atoms with Gasteiger partial charge in [0.2, 0.25) is 5.91 Å². The molecule has 3 rings (SSSR count). The molecule has 0 fully saturated rings. The number of guanidine groups is 1. The summed E-state index contributed by atoms with van der Waals surface area (Å²) in [7, 11) is 0. The van der Waals surface area contributed by atoms with Crippen molar-refractivity contribution < 1.29 is 24.3 Å². The van der Waals surface area contributed by atoms with E-state index in [1.807, 2.05) is 19.1 Å². The lowest BCUT2D eigenvalue weighted by Crippen LogP contribution is -2.34. The van der Waals surface area contributed by atoms with E-state index in [0.717, 1.165) is 15.3 Å². The van der Waals surface area contributed by atoms with E-state index in [0.29, 0.717) is 11.3 Å². The highest BCUT2D eigenvalue weighted by molar-refractivity contribution is 7.15. The van der Waals surface area contributed by atoms with Gasteiger partial charge in [-0.15, -0.1) is 11.3 Å². The molecule has 1 atom stereocenters. The minimum Gasteiger partial charge on any atom is -0.481 e. The second kappa shape index (κ2) is 13.4. The fraction of sp³-hybridized carbons (Fsp3) is 0.222. The van der Waals surface area contributed by atoms with Crippen molar-refractivity contribution in [1.29, 1.82) is 0 Å². The minimum atomic E-state index is -1.27. The first kappa shape index (κ1) is 29.8. The Balaban J connectivity index is 1.58. The van der Waals surface area contributed by atoms with Gasteiger partial charge in [0.15, 0.2) is 17.5 Å². The molecule has 0 unspecified atom stereocenters. The van der Waals surface area contributed by atoms with Gasteiger partial charge in [-0.25, -0.2) is 4.99 Å². The third-order valence-corrected chi connectivity index (χ3v) is 7.32. The number of nitrogens with zero attached hydrogens (tertiary/aromatic N) is 1. The molecule has 9 nitrogen and oxygen atoms in total. The normalized spacial score (nSPS) is 11.5. The summed E-state index contributed by atoms with van der Waals surface area (Å²) in [6, 6.07) is 13.4. The first-order valence-electron chi connectivity index (χ1n) is 11.8. The summed E-state index contributed by atoms with van der Waals surface area (Å²) < 4.78 is 0. The second-order valence-electron chi connectivity index (χ2n) is 8.70. The predicted molar refractivity (Wildman–Crippen MR) is 153 cm³/mol. The number of rotatable bonds is 12. The van der Waals surface area contributed by atoms with Gasteiger partial charge in [0.1, 0.15) is 0 Å². The number of Topliss-reactive ketones (excluding diaryl/α,β-unsaturated/α-hetero) is 2. The summed E-state index contributed by atoms with van der Waals surface area (Å²) in [5.41, 5.74) is 12.2. The van der Waals surface area contributed by atoms with Crippen molar-refractivity contribution in [2.75, 3.05) is 6.54 Å². The highest BCUT2D eigenvalue weighted by Gasteiger charge is 2.26. The number of aryl methyl sites for hydroxylation is 1. The molecule has 0 spiro atoms. The van der Waals surface area contributed by atoms with E-state index in [9.17, 15) is 24.3 Å². The average Bonchev–Trinajstić information content (AvgIpc) is 3.30. The topological polar surface area (TPSA) is 165 Å². The molecular formula is C27H26Cl2N4O5S. The van der Waals surface area contributed by atoms with Gasteiger partial charge in [-0.3, -0.25) is 19.2 Å². The van der Waals surface area contributed by atoms with E-state index in [2.05, 4.69) is 10.3 Å². The summed E-state index contributed by atoms with van der Waals surface area (Å²) in [5.74, 6) is -4.05. The SMILES string of the molecule is Cc1ccc(-c2cc(Cl)c(C(=O)C[C@@H](CNC(=O)CCC(=O)c3cccc(N=C(N)N)c3)C(=O)O)c(Cl)c2)s1. The minimum absolute atomic E-state index is 0.0292. The number of ketones is 2. The summed E-state index contributed by atoms with van der Waals surface area (Å²) in [6.07, 6.45) is -0.717. The van der Waals surface area contributed by atoms with Crippen LogP contribution in [0.4, 0.5) is 5.69 Å². The number of carboxylic acid groups (broad SMARTS) is 1. The van der Waals surface area contributed by atoms with Gasteiger partial charge in [-0.05, 0) is 48.9 Å². The van der Waals surface area contributed by atoms with Gasteiger partial charge in [0, 0.05) is 41.1 Å². The number of halogens is 2. The van der Waals surface area contributed by atoms with Crippen LogP contribution < -0.4 is 16.8 Å². The van der Waals surface area contributed by atoms with E-state index in [1.165, 1.54) is 6.07 Å². The van der Waals surface area contributed by atoms with E-state index < -0.39 is 30.0 Å². The zero-order valence-electron chi connectivity index (χ0n) is 20.9. The Bertz CT molecular complexity index is 1430. The molecule has 39 heavy (non-hydrogen) atoms. The lowest BCUT2D eigenvalue weighted by atomic mass is 9.97. The quantitative estimate of drug-likeness (QED) is 0.131. The van der Waals surface area contributed by atoms with Crippen molar-refractivity contribution in [2.45, 2.75) is 26.2 Å². The first-order valence-corrected chi connectivity index (χ1v) is 13.3. The predicted octanol–water partition coefficient (Wildman–Crippen LogP) is 4.99. The van der Waals surface area contributed by atoms with Gasteiger partial charge in [0.05, 0.1) is 27.2 Å². The van der Waals surface area contributed by atoms with E-state index >= 15 is 0 Å². The van der Waals surface area contributed by atoms with Crippen molar-refractivity contribution in [3.8, 4) is 10.4 Å². The molecule has 2 aromatic carbocycles. The fourth-order valence-corrected chi connectivity index (χ4v) is 5.29. The number of hydrogen-bond acceptors (Lipinski definition) is 6. The number of nitrogens with one attached hydrogen (secondary N) is 1. The lowest BCUT2D eigenvalue weighted by molar-refractivity contribution is -0.141. The van der Waals surface area contributed by atoms with Crippen LogP contribution in [0, 0.1) is 12.8 Å². The standard InChI is InChI=1S/C27H26Cl2N4O5S/c1-14-5-7-23(39-14)16-10-19(28)25(20(29)11-16)22(35)12-17(26(37)38)13-32-24(36)8-6-21(34)15-3-2-4-18(9-15)33-27(30)31/h2-5,7,9-11,17H,6,8,12-13H2,1H3,(H,32,36)(H,37,38)(H4,30,31,33)/t17-/m0/s1. The third kappa shape index (κ3) is 8.38. The Morgan fingerprint density at radius 2 is 1.69 bits per heavy atom. The molecule has 12 heteroatoms. The number of carbonyl (C=O) groups is 4. The lowest BCUT2D eigenvalue weighted by Gasteiger charge is -2.14. The van der Waals surface area contributed by atoms with Gasteiger partial charge in [-0.1, -0.05) is 35.3 Å². The summed E-state index contributed by atoms with van der Waals surface area (Å²) in [6.45, 7) is 1.66. The number of aliphatic carboxylic acids is 1. The maximum absolute atomic E-state index is 13.0. The van der Waals surface area contributed by atoms with Crippen molar-refractivity contribution in [3.63, 3.8) is 0 Å². The van der Waals surface area contributed by atoms with Crippen LogP contribution in [0.2, 0.25) is 10.0 Å². The van der Waals surface area contributed by atoms with Crippen LogP contribution in [-0.2, 0) is 9.59 Å². The van der Waals surface area contributed by atoms with Crippen LogP contribution in [0.1, 0.15) is 44.9 Å². The highest BCUT2D eigenvalue weighted by atomic mass is 35.5. The van der Waals surface area contributed by atoms with Gasteiger partial charge in [0.25, 0.3) is 0 Å². The Morgan fingerprint density at radius 3 is 2.28 bits per heavy atom. The molecule has 0 radical (unpaired) electrons. The van der Waals surface area contributed by atoms with E-state index in [4.69, 9.17) is 34.7 Å². The number of thiophene rings is 1. The van der Waals surface area contributed by atoms with Crippen molar-refractivity contribution in [2.24, 2.45) is 22.4 Å². The summed E-state index contributed by atoms with van der Waals surface area (Å²) in [5, 5.41) is 12.3. The molecule has 0 saturated heterocycles. The Labute approximate surface area is 238 Å². The van der Waals surface area contributed by atoms with Crippen LogP contribution >= 0.6 is 34.5 Å². The smallest absolute Gasteiger partial charge is 0.308 e. The average molecular weight is 590 g/mol. The third-order valence-electron chi connectivity index (χ3n) is 5.68. The zero-order chi connectivity index (χ0) is 28.7. The van der Waals surface area contributed by atoms with Crippen molar-refractivity contribution in [3.05, 3.63) is 74.6 Å². The second-order valence-corrected chi connectivity index (χ2v) is 10.8. The monoisotopic (exact) mass is 588 g/mol. The number of carbonyl (C=O) groups excluding carboxylic acids is 3. The van der Waals surface area contributed by atoms with Crippen molar-refractivity contribution >= 4 is 69.6 Å². The Kier molecular flexibility index (Phi) is 10.2.